The Balaban J connectivity index is 1.77. The second-order valence-corrected chi connectivity index (χ2v) is 6.38. The van der Waals surface area contributed by atoms with E-state index in [1.807, 2.05) is 31.1 Å². The van der Waals surface area contributed by atoms with Gasteiger partial charge in [0, 0.05) is 23.9 Å². The number of aromatic nitrogens is 3. The van der Waals surface area contributed by atoms with Gasteiger partial charge in [0.15, 0.2) is 0 Å². The number of hydrogen-bond acceptors (Lipinski definition) is 4. The first-order chi connectivity index (χ1) is 11.6. The number of aromatic amines is 1. The Hall–Kier alpha value is -2.31. The van der Waals surface area contributed by atoms with Gasteiger partial charge in [0.2, 0.25) is 0 Å². The number of urea groups is 1. The van der Waals surface area contributed by atoms with Crippen LogP contribution in [0.5, 0.6) is 0 Å². The molecule has 0 aliphatic carbocycles. The lowest BCUT2D eigenvalue weighted by atomic mass is 9.97. The minimum absolute atomic E-state index is 0.0345. The van der Waals surface area contributed by atoms with Crippen molar-refractivity contribution in [3.63, 3.8) is 0 Å². The lowest BCUT2D eigenvalue weighted by Gasteiger charge is -2.36. The number of aryl methyl sites for hydroxylation is 2. The summed E-state index contributed by atoms with van der Waals surface area (Å²) in [5, 5.41) is 14.1. The van der Waals surface area contributed by atoms with Gasteiger partial charge in [-0.1, -0.05) is 12.1 Å². The molecule has 130 valence electrons. The van der Waals surface area contributed by atoms with Gasteiger partial charge in [-0.3, -0.25) is 5.10 Å². The van der Waals surface area contributed by atoms with Crippen LogP contribution in [0.3, 0.4) is 0 Å². The summed E-state index contributed by atoms with van der Waals surface area (Å²) in [4.78, 5) is 14.8. The maximum absolute atomic E-state index is 12.9. The van der Waals surface area contributed by atoms with Crippen molar-refractivity contribution in [2.24, 2.45) is 0 Å². The van der Waals surface area contributed by atoms with Crippen LogP contribution in [0.15, 0.2) is 16.9 Å². The molecule has 3 rings (SSSR count). The first-order valence-electron chi connectivity index (χ1n) is 8.60. The van der Waals surface area contributed by atoms with E-state index < -0.39 is 0 Å². The second kappa shape index (κ2) is 7.07. The van der Waals surface area contributed by atoms with Gasteiger partial charge in [0.05, 0.1) is 24.0 Å². The van der Waals surface area contributed by atoms with Crippen LogP contribution in [0.4, 0.5) is 4.79 Å². The molecule has 7 nitrogen and oxygen atoms in total. The third kappa shape index (κ3) is 3.16. The van der Waals surface area contributed by atoms with E-state index in [0.29, 0.717) is 0 Å². The monoisotopic (exact) mass is 331 g/mol. The van der Waals surface area contributed by atoms with Gasteiger partial charge in [-0.25, -0.2) is 4.79 Å². The Bertz CT molecular complexity index is 660. The number of nitrogens with one attached hydrogen (secondary N) is 2. The zero-order chi connectivity index (χ0) is 17.1. The van der Waals surface area contributed by atoms with E-state index in [1.54, 1.807) is 0 Å². The lowest BCUT2D eigenvalue weighted by molar-refractivity contribution is 0.148. The number of nitrogens with zero attached hydrogens (tertiary/aromatic N) is 3. The maximum Gasteiger partial charge on any atom is 0.318 e. The second-order valence-electron chi connectivity index (χ2n) is 6.38. The molecule has 0 saturated carbocycles. The number of carbonyl (C=O) groups excluding carboxylic acids is 1. The van der Waals surface area contributed by atoms with Crippen molar-refractivity contribution in [2.45, 2.75) is 58.5 Å². The van der Waals surface area contributed by atoms with Crippen LogP contribution < -0.4 is 5.32 Å². The fourth-order valence-electron chi connectivity index (χ4n) is 3.56. The highest BCUT2D eigenvalue weighted by molar-refractivity contribution is 5.75. The Labute approximate surface area is 141 Å². The summed E-state index contributed by atoms with van der Waals surface area (Å²) in [5.74, 6) is 0.768. The van der Waals surface area contributed by atoms with Gasteiger partial charge in [-0.05, 0) is 39.5 Å². The molecule has 0 unspecified atom stereocenters. The highest BCUT2D eigenvalue weighted by Gasteiger charge is 2.30. The van der Waals surface area contributed by atoms with Gasteiger partial charge in [-0.2, -0.15) is 5.10 Å². The van der Waals surface area contributed by atoms with Crippen molar-refractivity contribution in [3.8, 4) is 0 Å². The molecule has 7 heteroatoms. The number of rotatable bonds is 4. The molecule has 0 aromatic carbocycles. The van der Waals surface area contributed by atoms with Crippen LogP contribution in [-0.4, -0.2) is 32.8 Å². The molecule has 0 bridgehead atoms. The molecule has 1 aliphatic rings. The summed E-state index contributed by atoms with van der Waals surface area (Å²) in [6, 6.07) is -0.0388. The maximum atomic E-state index is 12.9. The number of piperidine rings is 1. The van der Waals surface area contributed by atoms with Gasteiger partial charge in [0.1, 0.15) is 5.76 Å². The highest BCUT2D eigenvalue weighted by Crippen LogP contribution is 2.31. The predicted molar refractivity (Wildman–Crippen MR) is 89.4 cm³/mol. The summed E-state index contributed by atoms with van der Waals surface area (Å²) in [7, 11) is 0. The van der Waals surface area contributed by atoms with E-state index in [4.69, 9.17) is 4.52 Å². The van der Waals surface area contributed by atoms with E-state index in [1.165, 1.54) is 0 Å². The SMILES string of the molecule is CC[C@H](NC(=O)N1CCCC[C@@H]1c1cn[nH]c1)c1c(C)noc1C. The van der Waals surface area contributed by atoms with E-state index in [-0.39, 0.29) is 18.1 Å². The average Bonchev–Trinajstić information content (AvgIpc) is 3.23. The molecule has 1 saturated heterocycles. The van der Waals surface area contributed by atoms with Crippen molar-refractivity contribution in [1.82, 2.24) is 25.6 Å². The minimum atomic E-state index is -0.0873. The highest BCUT2D eigenvalue weighted by atomic mass is 16.5. The topological polar surface area (TPSA) is 87.0 Å². The van der Waals surface area contributed by atoms with Gasteiger partial charge in [0.25, 0.3) is 0 Å². The molecule has 0 radical (unpaired) electrons. The number of hydrogen-bond donors (Lipinski definition) is 2. The van der Waals surface area contributed by atoms with Crippen molar-refractivity contribution < 1.29 is 9.32 Å². The number of likely N-dealkylation sites (tertiary alicyclic amines) is 1. The fraction of sp³-hybridized carbons (Fsp3) is 0.588. The Kier molecular flexibility index (Phi) is 4.87. The third-order valence-corrected chi connectivity index (χ3v) is 4.81. The first-order valence-corrected chi connectivity index (χ1v) is 8.60. The normalized spacial score (nSPS) is 19.3. The lowest BCUT2D eigenvalue weighted by Crippen LogP contribution is -2.45. The zero-order valence-electron chi connectivity index (χ0n) is 14.5. The summed E-state index contributed by atoms with van der Waals surface area (Å²) in [6.07, 6.45) is 7.60. The molecule has 0 spiro atoms. The smallest absolute Gasteiger partial charge is 0.318 e. The molecular weight excluding hydrogens is 306 g/mol. The van der Waals surface area contributed by atoms with Crippen LogP contribution in [0.1, 0.15) is 67.3 Å². The van der Waals surface area contributed by atoms with Crippen LogP contribution in [0, 0.1) is 13.8 Å². The van der Waals surface area contributed by atoms with Crippen LogP contribution in [-0.2, 0) is 0 Å². The average molecular weight is 331 g/mol. The molecule has 2 amide bonds. The van der Waals surface area contributed by atoms with Crippen molar-refractivity contribution in [1.29, 1.82) is 0 Å². The molecule has 1 fully saturated rings. The van der Waals surface area contributed by atoms with Gasteiger partial charge >= 0.3 is 6.03 Å². The molecule has 3 heterocycles. The number of H-pyrrole nitrogens is 1. The van der Waals surface area contributed by atoms with Crippen LogP contribution >= 0.6 is 0 Å². The summed E-state index contributed by atoms with van der Waals surface area (Å²) >= 11 is 0. The molecular formula is C17H25N5O2. The van der Waals surface area contributed by atoms with Gasteiger partial charge in [-0.15, -0.1) is 0 Å². The Morgan fingerprint density at radius 1 is 1.50 bits per heavy atom. The largest absolute Gasteiger partial charge is 0.361 e. The molecule has 2 aromatic heterocycles. The van der Waals surface area contributed by atoms with E-state index >= 15 is 0 Å². The Morgan fingerprint density at radius 2 is 2.33 bits per heavy atom. The number of amides is 2. The van der Waals surface area contributed by atoms with Crippen molar-refractivity contribution in [3.05, 3.63) is 35.0 Å². The first kappa shape index (κ1) is 16.5. The fourth-order valence-corrected chi connectivity index (χ4v) is 3.56. The van der Waals surface area contributed by atoms with E-state index in [2.05, 4.69) is 27.6 Å². The van der Waals surface area contributed by atoms with Crippen molar-refractivity contribution in [2.75, 3.05) is 6.54 Å². The molecule has 2 atom stereocenters. The predicted octanol–water partition coefficient (Wildman–Crippen LogP) is 3.40. The molecule has 2 N–H and O–H groups in total. The van der Waals surface area contributed by atoms with E-state index in [0.717, 1.165) is 54.8 Å². The van der Waals surface area contributed by atoms with Crippen LogP contribution in [0.2, 0.25) is 0 Å². The quantitative estimate of drug-likeness (QED) is 0.899. The standard InChI is InChI=1S/C17H25N5O2/c1-4-14(16-11(2)21-24-12(16)3)20-17(23)22-8-6-5-7-15(22)13-9-18-19-10-13/h9-10,14-15H,4-8H2,1-3H3,(H,18,19)(H,20,23)/t14-,15+/m0/s1. The van der Waals surface area contributed by atoms with Gasteiger partial charge < -0.3 is 14.7 Å². The number of carbonyl (C=O) groups is 1. The van der Waals surface area contributed by atoms with Crippen molar-refractivity contribution >= 4 is 6.03 Å². The summed E-state index contributed by atoms with van der Waals surface area (Å²) in [5.41, 5.74) is 2.89. The van der Waals surface area contributed by atoms with Crippen LogP contribution in [0.25, 0.3) is 0 Å². The summed E-state index contributed by atoms with van der Waals surface area (Å²) in [6.45, 7) is 6.62. The molecule has 24 heavy (non-hydrogen) atoms. The molecule has 2 aromatic rings. The summed E-state index contributed by atoms with van der Waals surface area (Å²) < 4.78 is 5.26. The van der Waals surface area contributed by atoms with E-state index in [9.17, 15) is 4.79 Å². The molecule has 1 aliphatic heterocycles. The Morgan fingerprint density at radius 3 is 2.96 bits per heavy atom. The zero-order valence-corrected chi connectivity index (χ0v) is 14.5. The minimum Gasteiger partial charge on any atom is -0.361 e. The third-order valence-electron chi connectivity index (χ3n) is 4.81.